The van der Waals surface area contributed by atoms with Crippen LogP contribution in [0.3, 0.4) is 0 Å². The van der Waals surface area contributed by atoms with Crippen LogP contribution in [0.15, 0.2) is 84.1 Å². The number of rotatable bonds is 6. The third-order valence-electron chi connectivity index (χ3n) is 4.89. The molecular formula is C23H21FN4OS. The summed E-state index contributed by atoms with van der Waals surface area (Å²) in [6, 6.07) is 21.2. The lowest BCUT2D eigenvalue weighted by Gasteiger charge is -2.35. The molecule has 152 valence electrons. The second-order valence-electron chi connectivity index (χ2n) is 6.89. The first kappa shape index (κ1) is 20.3. The Kier molecular flexibility index (Phi) is 5.92. The largest absolute Gasteiger partial charge is 0.330 e. The van der Waals surface area contributed by atoms with E-state index in [4.69, 9.17) is 5.73 Å². The van der Waals surface area contributed by atoms with Gasteiger partial charge in [-0.15, -0.1) is 0 Å². The fraction of sp³-hybridized carbons (Fsp3) is 0.174. The van der Waals surface area contributed by atoms with Crippen molar-refractivity contribution in [2.24, 2.45) is 10.8 Å². The molecule has 0 spiro atoms. The number of pyridine rings is 1. The van der Waals surface area contributed by atoms with Crippen molar-refractivity contribution in [3.05, 3.63) is 102 Å². The molecule has 30 heavy (non-hydrogen) atoms. The molecule has 1 amide bonds. The van der Waals surface area contributed by atoms with Gasteiger partial charge in [-0.05, 0) is 49.2 Å². The molecule has 0 saturated carbocycles. The minimum Gasteiger partial charge on any atom is -0.330 e. The Hall–Kier alpha value is -3.03. The first-order valence-electron chi connectivity index (χ1n) is 9.69. The van der Waals surface area contributed by atoms with E-state index in [1.165, 1.54) is 28.9 Å². The van der Waals surface area contributed by atoms with E-state index in [1.807, 2.05) is 30.3 Å². The molecule has 1 unspecified atom stereocenters. The maximum atomic E-state index is 13.9. The molecular weight excluding hydrogens is 399 g/mol. The lowest BCUT2D eigenvalue weighted by molar-refractivity contribution is 0.0632. The van der Waals surface area contributed by atoms with Gasteiger partial charge in [-0.1, -0.05) is 60.3 Å². The first-order chi connectivity index (χ1) is 14.6. The van der Waals surface area contributed by atoms with Gasteiger partial charge in [0.05, 0.1) is 0 Å². The van der Waals surface area contributed by atoms with Gasteiger partial charge in [0.1, 0.15) is 21.4 Å². The van der Waals surface area contributed by atoms with Gasteiger partial charge in [0.2, 0.25) is 0 Å². The molecule has 2 N–H and O–H groups in total. The highest BCUT2D eigenvalue weighted by molar-refractivity contribution is 8.15. The molecule has 0 fully saturated rings. The van der Waals surface area contributed by atoms with E-state index < -0.39 is 4.87 Å². The highest BCUT2D eigenvalue weighted by Crippen LogP contribution is 2.50. The highest BCUT2D eigenvalue weighted by Gasteiger charge is 2.48. The summed E-state index contributed by atoms with van der Waals surface area (Å²) in [5.41, 5.74) is 7.69. The van der Waals surface area contributed by atoms with E-state index in [9.17, 15) is 9.18 Å². The Bertz CT molecular complexity index is 1060. The summed E-state index contributed by atoms with van der Waals surface area (Å²) in [6.45, 7) is 0.482. The number of nitrogens with zero attached hydrogens (tertiary/aromatic N) is 3. The Morgan fingerprint density at radius 3 is 2.57 bits per heavy atom. The standard InChI is InChI=1S/C23H21FN4OS/c24-19-11-6-8-17(16-19)21-27-28(22(29)20-12-4-5-15-26-20)23(30-21,13-7-14-25)18-9-2-1-3-10-18/h1-6,8-12,15-16H,7,13-14,25H2. The molecule has 2 aromatic carbocycles. The van der Waals surface area contributed by atoms with Crippen molar-refractivity contribution in [1.82, 2.24) is 9.99 Å². The zero-order chi connectivity index (χ0) is 21.0. The van der Waals surface area contributed by atoms with Crippen LogP contribution in [0.2, 0.25) is 0 Å². The van der Waals surface area contributed by atoms with Crippen molar-refractivity contribution in [3.8, 4) is 0 Å². The van der Waals surface area contributed by atoms with E-state index in [0.717, 1.165) is 5.56 Å². The second-order valence-corrected chi connectivity index (χ2v) is 8.16. The maximum Gasteiger partial charge on any atom is 0.294 e. The van der Waals surface area contributed by atoms with Crippen LogP contribution in [0.1, 0.15) is 34.5 Å². The molecule has 0 radical (unpaired) electrons. The molecule has 5 nitrogen and oxygen atoms in total. The van der Waals surface area contributed by atoms with Crippen molar-refractivity contribution in [1.29, 1.82) is 0 Å². The Morgan fingerprint density at radius 1 is 1.07 bits per heavy atom. The lowest BCUT2D eigenvalue weighted by atomic mass is 10.00. The molecule has 1 aromatic heterocycles. The monoisotopic (exact) mass is 420 g/mol. The van der Waals surface area contributed by atoms with Crippen LogP contribution in [-0.4, -0.2) is 27.5 Å². The predicted molar refractivity (Wildman–Crippen MR) is 117 cm³/mol. The smallest absolute Gasteiger partial charge is 0.294 e. The van der Waals surface area contributed by atoms with Crippen LogP contribution in [0.5, 0.6) is 0 Å². The van der Waals surface area contributed by atoms with Gasteiger partial charge in [0.25, 0.3) is 5.91 Å². The van der Waals surface area contributed by atoms with Gasteiger partial charge >= 0.3 is 0 Å². The molecule has 3 aromatic rings. The predicted octanol–water partition coefficient (Wildman–Crippen LogP) is 4.36. The summed E-state index contributed by atoms with van der Waals surface area (Å²) < 4.78 is 13.9. The number of nitrogens with two attached hydrogens (primary N) is 1. The summed E-state index contributed by atoms with van der Waals surface area (Å²) in [4.78, 5) is 16.9. The average Bonchev–Trinajstić information content (AvgIpc) is 3.19. The molecule has 0 bridgehead atoms. The van der Waals surface area contributed by atoms with Crippen molar-refractivity contribution in [2.45, 2.75) is 17.7 Å². The number of hydrogen-bond acceptors (Lipinski definition) is 5. The third-order valence-corrected chi connectivity index (χ3v) is 6.35. The number of carbonyl (C=O) groups excluding carboxylic acids is 1. The summed E-state index contributed by atoms with van der Waals surface area (Å²) >= 11 is 1.45. The minimum atomic E-state index is -0.795. The number of carbonyl (C=O) groups is 1. The number of halogens is 1. The zero-order valence-corrected chi connectivity index (χ0v) is 17.1. The van der Waals surface area contributed by atoms with Crippen LogP contribution in [0, 0.1) is 5.82 Å². The molecule has 1 aliphatic rings. The topological polar surface area (TPSA) is 71.6 Å². The van der Waals surface area contributed by atoms with E-state index in [2.05, 4.69) is 10.1 Å². The Labute approximate surface area is 178 Å². The quantitative estimate of drug-likeness (QED) is 0.643. The molecule has 4 rings (SSSR count). The van der Waals surface area contributed by atoms with E-state index in [-0.39, 0.29) is 11.7 Å². The van der Waals surface area contributed by atoms with Gasteiger partial charge in [0, 0.05) is 11.8 Å². The average molecular weight is 421 g/mol. The normalized spacial score (nSPS) is 18.3. The van der Waals surface area contributed by atoms with E-state index >= 15 is 0 Å². The van der Waals surface area contributed by atoms with Crippen LogP contribution in [0.4, 0.5) is 4.39 Å². The van der Waals surface area contributed by atoms with Crippen molar-refractivity contribution in [3.63, 3.8) is 0 Å². The molecule has 0 saturated heterocycles. The van der Waals surface area contributed by atoms with Crippen LogP contribution >= 0.6 is 11.8 Å². The summed E-state index contributed by atoms with van der Waals surface area (Å²) in [5.74, 6) is -0.659. The van der Waals surface area contributed by atoms with Gasteiger partial charge in [-0.2, -0.15) is 5.10 Å². The van der Waals surface area contributed by atoms with Crippen LogP contribution < -0.4 is 5.73 Å². The van der Waals surface area contributed by atoms with Crippen molar-refractivity contribution >= 4 is 22.7 Å². The fourth-order valence-electron chi connectivity index (χ4n) is 3.46. The first-order valence-corrected chi connectivity index (χ1v) is 10.5. The number of amides is 1. The Balaban J connectivity index is 1.85. The highest BCUT2D eigenvalue weighted by atomic mass is 32.2. The van der Waals surface area contributed by atoms with Gasteiger partial charge in [-0.3, -0.25) is 9.78 Å². The lowest BCUT2D eigenvalue weighted by Crippen LogP contribution is -2.42. The number of aromatic nitrogens is 1. The van der Waals surface area contributed by atoms with Crippen LogP contribution in [0.25, 0.3) is 0 Å². The van der Waals surface area contributed by atoms with Crippen molar-refractivity contribution < 1.29 is 9.18 Å². The Morgan fingerprint density at radius 2 is 1.87 bits per heavy atom. The summed E-state index contributed by atoms with van der Waals surface area (Å²) in [6.07, 6.45) is 2.87. The summed E-state index contributed by atoms with van der Waals surface area (Å²) in [7, 11) is 0. The SMILES string of the molecule is NCCCC1(c2ccccc2)SC(c2cccc(F)c2)=NN1C(=O)c1ccccn1. The number of benzene rings is 2. The molecule has 7 heteroatoms. The molecule has 2 heterocycles. The molecule has 1 atom stereocenters. The second kappa shape index (κ2) is 8.77. The number of thioether (sulfide) groups is 1. The van der Waals surface area contributed by atoms with Gasteiger partial charge in [-0.25, -0.2) is 9.40 Å². The van der Waals surface area contributed by atoms with E-state index in [1.54, 1.807) is 36.5 Å². The minimum absolute atomic E-state index is 0.301. The summed E-state index contributed by atoms with van der Waals surface area (Å²) in [5, 5.41) is 6.75. The third kappa shape index (κ3) is 3.86. The molecule has 1 aliphatic heterocycles. The zero-order valence-electron chi connectivity index (χ0n) is 16.2. The number of hydrogen-bond donors (Lipinski definition) is 1. The molecule has 0 aliphatic carbocycles. The number of hydrazone groups is 1. The van der Waals surface area contributed by atoms with Crippen molar-refractivity contribution in [2.75, 3.05) is 6.54 Å². The fourth-order valence-corrected chi connectivity index (χ4v) is 4.86. The van der Waals surface area contributed by atoms with Crippen LogP contribution in [-0.2, 0) is 4.87 Å². The van der Waals surface area contributed by atoms with E-state index in [0.29, 0.717) is 35.7 Å². The van der Waals surface area contributed by atoms with Gasteiger partial charge in [0.15, 0.2) is 0 Å². The maximum absolute atomic E-state index is 13.9. The van der Waals surface area contributed by atoms with Gasteiger partial charge < -0.3 is 5.73 Å².